The van der Waals surface area contributed by atoms with Crippen LogP contribution >= 0.6 is 11.3 Å². The van der Waals surface area contributed by atoms with E-state index < -0.39 is 10.0 Å². The molecule has 1 aromatic rings. The third kappa shape index (κ3) is 5.54. The molecule has 21 heavy (non-hydrogen) atoms. The first-order chi connectivity index (χ1) is 9.80. The van der Waals surface area contributed by atoms with E-state index in [1.165, 1.54) is 0 Å². The van der Waals surface area contributed by atoms with Crippen molar-refractivity contribution in [1.82, 2.24) is 14.6 Å². The highest BCUT2D eigenvalue weighted by Crippen LogP contribution is 2.25. The quantitative estimate of drug-likeness (QED) is 0.719. The summed E-state index contributed by atoms with van der Waals surface area (Å²) in [6.07, 6.45) is 1.78. The van der Waals surface area contributed by atoms with Gasteiger partial charge in [0.05, 0.1) is 5.69 Å². The Balaban J connectivity index is 2.54. The summed E-state index contributed by atoms with van der Waals surface area (Å²) in [5.41, 5.74) is 6.02. The molecule has 1 unspecified atom stereocenters. The average molecular weight is 335 g/mol. The Morgan fingerprint density at radius 2 is 2.00 bits per heavy atom. The lowest BCUT2D eigenvalue weighted by molar-refractivity contribution is 0.293. The molecule has 0 radical (unpaired) electrons. The van der Waals surface area contributed by atoms with Crippen LogP contribution < -0.4 is 10.5 Å². The molecular formula is C13H26N4O2S2. The van der Waals surface area contributed by atoms with E-state index in [0.29, 0.717) is 5.69 Å². The summed E-state index contributed by atoms with van der Waals surface area (Å²) < 4.78 is 27.5. The number of hydrogen-bond acceptors (Lipinski definition) is 6. The summed E-state index contributed by atoms with van der Waals surface area (Å²) in [7, 11) is -3.52. The minimum absolute atomic E-state index is 0.103. The molecule has 1 heterocycles. The SMILES string of the molecule is CCN(CC)CCCC(C)NS(=O)(=O)c1sc(N)nc1C. The second-order valence-electron chi connectivity index (χ2n) is 5.12. The van der Waals surface area contributed by atoms with Crippen LogP contribution in [0.3, 0.4) is 0 Å². The maximum atomic E-state index is 12.3. The topological polar surface area (TPSA) is 88.3 Å². The molecule has 0 saturated carbocycles. The largest absolute Gasteiger partial charge is 0.375 e. The van der Waals surface area contributed by atoms with Gasteiger partial charge in [0.25, 0.3) is 10.0 Å². The van der Waals surface area contributed by atoms with E-state index in [-0.39, 0.29) is 15.4 Å². The number of nitrogen functional groups attached to an aromatic ring is 1. The van der Waals surface area contributed by atoms with E-state index in [9.17, 15) is 8.42 Å². The fourth-order valence-corrected chi connectivity index (χ4v) is 4.78. The standard InChI is InChI=1S/C13H26N4O2S2/c1-5-17(6-2)9-7-8-10(3)16-21(18,19)12-11(4)15-13(14)20-12/h10,16H,5-9H2,1-4H3,(H2,14,15). The zero-order valence-corrected chi connectivity index (χ0v) is 14.9. The van der Waals surface area contributed by atoms with Gasteiger partial charge in [-0.3, -0.25) is 0 Å². The smallest absolute Gasteiger partial charge is 0.252 e. The molecular weight excluding hydrogens is 308 g/mol. The molecule has 0 amide bonds. The fourth-order valence-electron chi connectivity index (χ4n) is 2.19. The Hall–Kier alpha value is -0.700. The normalized spacial score (nSPS) is 13.8. The van der Waals surface area contributed by atoms with Gasteiger partial charge in [-0.05, 0) is 46.3 Å². The summed E-state index contributed by atoms with van der Waals surface area (Å²) in [6, 6.07) is -0.103. The number of thiazole rings is 1. The molecule has 0 fully saturated rings. The van der Waals surface area contributed by atoms with Crippen molar-refractivity contribution >= 4 is 26.5 Å². The van der Waals surface area contributed by atoms with Gasteiger partial charge in [-0.2, -0.15) is 0 Å². The molecule has 6 nitrogen and oxygen atoms in total. The molecule has 122 valence electrons. The summed E-state index contributed by atoms with van der Waals surface area (Å²) in [6.45, 7) is 10.8. The molecule has 1 aromatic heterocycles. The number of nitrogens with two attached hydrogens (primary N) is 1. The maximum absolute atomic E-state index is 12.3. The number of anilines is 1. The van der Waals surface area contributed by atoms with Gasteiger partial charge in [-0.25, -0.2) is 18.1 Å². The first-order valence-electron chi connectivity index (χ1n) is 7.27. The van der Waals surface area contributed by atoms with Crippen LogP contribution in [0.25, 0.3) is 0 Å². The van der Waals surface area contributed by atoms with Crippen LogP contribution in [0, 0.1) is 6.92 Å². The van der Waals surface area contributed by atoms with Gasteiger partial charge in [0.2, 0.25) is 0 Å². The Kier molecular flexibility index (Phi) is 7.05. The summed E-state index contributed by atoms with van der Waals surface area (Å²) in [4.78, 5) is 6.29. The highest BCUT2D eigenvalue weighted by Gasteiger charge is 2.23. The van der Waals surface area contributed by atoms with Crippen LogP contribution in [0.2, 0.25) is 0 Å². The van der Waals surface area contributed by atoms with Crippen molar-refractivity contribution in [2.75, 3.05) is 25.4 Å². The third-order valence-electron chi connectivity index (χ3n) is 3.38. The predicted octanol–water partition coefficient (Wildman–Crippen LogP) is 1.82. The first kappa shape index (κ1) is 18.3. The van der Waals surface area contributed by atoms with Crippen LogP contribution in [0.4, 0.5) is 5.13 Å². The first-order valence-corrected chi connectivity index (χ1v) is 9.57. The third-order valence-corrected chi connectivity index (χ3v) is 6.56. The highest BCUT2D eigenvalue weighted by atomic mass is 32.2. The van der Waals surface area contributed by atoms with Crippen LogP contribution in [0.1, 0.15) is 39.3 Å². The molecule has 0 aliphatic carbocycles. The number of aryl methyl sites for hydroxylation is 1. The van der Waals surface area contributed by atoms with E-state index >= 15 is 0 Å². The molecule has 3 N–H and O–H groups in total. The van der Waals surface area contributed by atoms with E-state index in [1.54, 1.807) is 6.92 Å². The number of aromatic nitrogens is 1. The summed E-state index contributed by atoms with van der Waals surface area (Å²) in [5.74, 6) is 0. The van der Waals surface area contributed by atoms with Gasteiger partial charge in [-0.15, -0.1) is 0 Å². The zero-order chi connectivity index (χ0) is 16.0. The summed E-state index contributed by atoms with van der Waals surface area (Å²) in [5, 5.41) is 0.280. The number of nitrogens with one attached hydrogen (secondary N) is 1. The Morgan fingerprint density at radius 3 is 2.48 bits per heavy atom. The van der Waals surface area contributed by atoms with Gasteiger partial charge >= 0.3 is 0 Å². The Bertz CT molecular complexity index is 538. The number of hydrogen-bond donors (Lipinski definition) is 2. The van der Waals surface area contributed by atoms with Crippen molar-refractivity contribution in [3.63, 3.8) is 0 Å². The van der Waals surface area contributed by atoms with E-state index in [4.69, 9.17) is 5.73 Å². The van der Waals surface area contributed by atoms with Crippen molar-refractivity contribution in [1.29, 1.82) is 0 Å². The number of rotatable bonds is 9. The van der Waals surface area contributed by atoms with Crippen LogP contribution in [0.5, 0.6) is 0 Å². The number of nitrogens with zero attached hydrogens (tertiary/aromatic N) is 2. The minimum atomic E-state index is -3.52. The van der Waals surface area contributed by atoms with Crippen LogP contribution in [-0.4, -0.2) is 44.0 Å². The Morgan fingerprint density at radius 1 is 1.38 bits per heavy atom. The minimum Gasteiger partial charge on any atom is -0.375 e. The monoisotopic (exact) mass is 334 g/mol. The highest BCUT2D eigenvalue weighted by molar-refractivity contribution is 7.91. The second kappa shape index (κ2) is 8.07. The van der Waals surface area contributed by atoms with Gasteiger partial charge in [-0.1, -0.05) is 25.2 Å². The van der Waals surface area contributed by atoms with Gasteiger partial charge in [0, 0.05) is 6.04 Å². The molecule has 0 bridgehead atoms. The van der Waals surface area contributed by atoms with Gasteiger partial charge in [0.15, 0.2) is 9.34 Å². The van der Waals surface area contributed by atoms with E-state index in [2.05, 4.69) is 28.5 Å². The van der Waals surface area contributed by atoms with Gasteiger partial charge in [0.1, 0.15) is 0 Å². The molecule has 1 rings (SSSR count). The lowest BCUT2D eigenvalue weighted by Crippen LogP contribution is -2.33. The fraction of sp³-hybridized carbons (Fsp3) is 0.769. The number of sulfonamides is 1. The molecule has 0 saturated heterocycles. The Labute approximate surface area is 131 Å². The van der Waals surface area contributed by atoms with E-state index in [1.807, 2.05) is 6.92 Å². The van der Waals surface area contributed by atoms with Crippen molar-refractivity contribution in [3.05, 3.63) is 5.69 Å². The molecule has 1 atom stereocenters. The van der Waals surface area contributed by atoms with E-state index in [0.717, 1.165) is 43.8 Å². The molecule has 0 spiro atoms. The molecule has 0 aliphatic heterocycles. The zero-order valence-electron chi connectivity index (χ0n) is 13.2. The molecule has 0 aromatic carbocycles. The van der Waals surface area contributed by atoms with Crippen molar-refractivity contribution < 1.29 is 8.42 Å². The summed E-state index contributed by atoms with van der Waals surface area (Å²) >= 11 is 1.01. The van der Waals surface area contributed by atoms with Gasteiger partial charge < -0.3 is 10.6 Å². The van der Waals surface area contributed by atoms with Crippen molar-refractivity contribution in [2.45, 2.75) is 50.8 Å². The second-order valence-corrected chi connectivity index (χ2v) is 8.06. The van der Waals surface area contributed by atoms with Crippen molar-refractivity contribution in [3.8, 4) is 0 Å². The average Bonchev–Trinajstić information content (AvgIpc) is 2.74. The lowest BCUT2D eigenvalue weighted by atomic mass is 10.2. The van der Waals surface area contributed by atoms with Crippen LogP contribution in [-0.2, 0) is 10.0 Å². The lowest BCUT2D eigenvalue weighted by Gasteiger charge is -2.19. The molecule has 8 heteroatoms. The van der Waals surface area contributed by atoms with Crippen LogP contribution in [0.15, 0.2) is 4.21 Å². The van der Waals surface area contributed by atoms with Crippen molar-refractivity contribution in [2.24, 2.45) is 0 Å². The maximum Gasteiger partial charge on any atom is 0.252 e. The predicted molar refractivity (Wildman–Crippen MR) is 88.1 cm³/mol. The molecule has 0 aliphatic rings.